The van der Waals surface area contributed by atoms with Crippen LogP contribution < -0.4 is 0 Å². The number of rotatable bonds is 5. The van der Waals surface area contributed by atoms with E-state index >= 15 is 0 Å². The van der Waals surface area contributed by atoms with Crippen molar-refractivity contribution < 1.29 is 8.81 Å². The van der Waals surface area contributed by atoms with Gasteiger partial charge in [-0.2, -0.15) is 0 Å². The normalized spacial score (nSPS) is 16.7. The lowest BCUT2D eigenvalue weighted by Gasteiger charge is -2.21. The fourth-order valence-corrected chi connectivity index (χ4v) is 3.84. The Hall–Kier alpha value is -2.09. The van der Waals surface area contributed by atoms with Crippen LogP contribution in [0.2, 0.25) is 0 Å². The summed E-state index contributed by atoms with van der Waals surface area (Å²) in [5.41, 5.74) is 1.15. The van der Waals surface area contributed by atoms with E-state index in [1.807, 2.05) is 29.6 Å². The van der Waals surface area contributed by atoms with Gasteiger partial charge in [0.05, 0.1) is 11.4 Å². The number of aromatic nitrogens is 2. The van der Waals surface area contributed by atoms with Crippen molar-refractivity contribution in [3.8, 4) is 10.8 Å². The molecule has 0 aliphatic carbocycles. The van der Waals surface area contributed by atoms with E-state index in [9.17, 15) is 4.39 Å². The smallest absolute Gasteiger partial charge is 0.257 e. The Morgan fingerprint density at radius 1 is 0.962 bits per heavy atom. The summed E-state index contributed by atoms with van der Waals surface area (Å²) in [7, 11) is 0. The van der Waals surface area contributed by atoms with Crippen LogP contribution in [0.1, 0.15) is 17.9 Å². The lowest BCUT2D eigenvalue weighted by atomic mass is 10.2. The first-order valence-corrected chi connectivity index (χ1v) is 9.70. The molecule has 0 N–H and O–H groups in total. The molecule has 4 rings (SSSR count). The van der Waals surface area contributed by atoms with Gasteiger partial charge in [-0.15, -0.1) is 21.5 Å². The molecule has 1 aliphatic rings. The van der Waals surface area contributed by atoms with Crippen LogP contribution in [-0.4, -0.2) is 46.2 Å². The minimum absolute atomic E-state index is 0.183. The van der Waals surface area contributed by atoms with Crippen molar-refractivity contribution in [3.63, 3.8) is 0 Å². The third-order valence-corrected chi connectivity index (χ3v) is 5.42. The first-order valence-electron chi connectivity index (χ1n) is 8.82. The first-order chi connectivity index (χ1) is 12.8. The van der Waals surface area contributed by atoms with E-state index in [0.717, 1.165) is 49.6 Å². The average molecular weight is 372 g/mol. The number of thiophene rings is 1. The van der Waals surface area contributed by atoms with Crippen LogP contribution >= 0.6 is 11.3 Å². The van der Waals surface area contributed by atoms with Crippen LogP contribution in [0.5, 0.6) is 0 Å². The molecule has 0 saturated carbocycles. The van der Waals surface area contributed by atoms with Crippen LogP contribution in [0.15, 0.2) is 46.2 Å². The highest BCUT2D eigenvalue weighted by Crippen LogP contribution is 2.23. The molecule has 0 spiro atoms. The number of hydrogen-bond acceptors (Lipinski definition) is 6. The largest absolute Gasteiger partial charge is 0.419 e. The Kier molecular flexibility index (Phi) is 5.38. The fourth-order valence-electron chi connectivity index (χ4n) is 3.20. The van der Waals surface area contributed by atoms with E-state index in [-0.39, 0.29) is 5.82 Å². The van der Waals surface area contributed by atoms with E-state index in [1.165, 1.54) is 12.1 Å². The highest BCUT2D eigenvalue weighted by atomic mass is 32.1. The van der Waals surface area contributed by atoms with Crippen LogP contribution in [0.4, 0.5) is 4.39 Å². The summed E-state index contributed by atoms with van der Waals surface area (Å²) >= 11 is 1.60. The summed E-state index contributed by atoms with van der Waals surface area (Å²) in [5, 5.41) is 10.3. The Morgan fingerprint density at radius 3 is 2.46 bits per heavy atom. The fraction of sp³-hybridized carbons (Fsp3) is 0.368. The summed E-state index contributed by atoms with van der Waals surface area (Å²) in [6.45, 7) is 5.52. The molecule has 7 heteroatoms. The highest BCUT2D eigenvalue weighted by Gasteiger charge is 2.18. The van der Waals surface area contributed by atoms with E-state index in [2.05, 4.69) is 20.0 Å². The van der Waals surface area contributed by atoms with E-state index in [1.54, 1.807) is 11.3 Å². The summed E-state index contributed by atoms with van der Waals surface area (Å²) < 4.78 is 18.8. The predicted octanol–water partition coefficient (Wildman–Crippen LogP) is 3.65. The lowest BCUT2D eigenvalue weighted by Crippen LogP contribution is -2.30. The summed E-state index contributed by atoms with van der Waals surface area (Å²) in [6, 6.07) is 10.8. The Labute approximate surface area is 156 Å². The van der Waals surface area contributed by atoms with Crippen molar-refractivity contribution >= 4 is 11.3 Å². The molecule has 0 atom stereocenters. The van der Waals surface area contributed by atoms with Crippen molar-refractivity contribution in [3.05, 3.63) is 59.0 Å². The molecule has 0 amide bonds. The quantitative estimate of drug-likeness (QED) is 0.684. The Morgan fingerprint density at radius 2 is 1.73 bits per heavy atom. The van der Waals surface area contributed by atoms with Crippen LogP contribution in [0.25, 0.3) is 10.8 Å². The predicted molar refractivity (Wildman–Crippen MR) is 99.2 cm³/mol. The molecule has 136 valence electrons. The van der Waals surface area contributed by atoms with Crippen LogP contribution in [-0.2, 0) is 13.1 Å². The molecule has 1 saturated heterocycles. The lowest BCUT2D eigenvalue weighted by molar-refractivity contribution is 0.232. The van der Waals surface area contributed by atoms with Gasteiger partial charge in [0.25, 0.3) is 5.89 Å². The summed E-state index contributed by atoms with van der Waals surface area (Å²) in [6.07, 6.45) is 1.09. The number of hydrogen-bond donors (Lipinski definition) is 0. The van der Waals surface area contributed by atoms with Gasteiger partial charge in [-0.3, -0.25) is 9.80 Å². The van der Waals surface area contributed by atoms with Crippen LogP contribution in [0, 0.1) is 5.82 Å². The zero-order chi connectivity index (χ0) is 17.8. The monoisotopic (exact) mass is 372 g/mol. The maximum Gasteiger partial charge on any atom is 0.257 e. The zero-order valence-corrected chi connectivity index (χ0v) is 15.3. The molecule has 1 aliphatic heterocycles. The second-order valence-corrected chi connectivity index (χ2v) is 7.46. The van der Waals surface area contributed by atoms with E-state index in [4.69, 9.17) is 4.42 Å². The molecule has 26 heavy (non-hydrogen) atoms. The topological polar surface area (TPSA) is 45.4 Å². The van der Waals surface area contributed by atoms with Crippen molar-refractivity contribution in [1.29, 1.82) is 0 Å². The molecule has 3 heterocycles. The van der Waals surface area contributed by atoms with E-state index in [0.29, 0.717) is 18.3 Å². The maximum atomic E-state index is 13.0. The number of nitrogens with zero attached hydrogens (tertiary/aromatic N) is 4. The molecule has 1 fully saturated rings. The van der Waals surface area contributed by atoms with Gasteiger partial charge in [-0.25, -0.2) is 4.39 Å². The second-order valence-electron chi connectivity index (χ2n) is 6.51. The van der Waals surface area contributed by atoms with Gasteiger partial charge in [-0.05, 0) is 48.7 Å². The standard InChI is InChI=1S/C19H21FN4OS/c20-16-6-4-15(5-7-16)13-23-8-2-9-24(11-10-23)14-18-21-22-19(25-18)17-3-1-12-26-17/h1,3-7,12H,2,8-11,13-14H2. The molecular weight excluding hydrogens is 351 g/mol. The third kappa shape index (κ3) is 4.35. The first kappa shape index (κ1) is 17.3. The Bertz CT molecular complexity index is 818. The van der Waals surface area contributed by atoms with Crippen molar-refractivity contribution in [2.75, 3.05) is 26.2 Å². The maximum absolute atomic E-state index is 13.0. The minimum atomic E-state index is -0.183. The molecule has 0 bridgehead atoms. The molecular formula is C19H21FN4OS. The molecule has 0 unspecified atom stereocenters. The summed E-state index contributed by atoms with van der Waals surface area (Å²) in [4.78, 5) is 5.78. The zero-order valence-electron chi connectivity index (χ0n) is 14.5. The number of halogens is 1. The Balaban J connectivity index is 1.31. The SMILES string of the molecule is Fc1ccc(CN2CCCN(Cc3nnc(-c4cccs4)o3)CC2)cc1. The molecule has 5 nitrogen and oxygen atoms in total. The molecule has 3 aromatic rings. The van der Waals surface area contributed by atoms with Crippen molar-refractivity contribution in [2.45, 2.75) is 19.5 Å². The second kappa shape index (κ2) is 8.07. The number of benzene rings is 1. The van der Waals surface area contributed by atoms with Gasteiger partial charge >= 0.3 is 0 Å². The molecule has 2 aromatic heterocycles. The third-order valence-electron chi connectivity index (χ3n) is 4.56. The van der Waals surface area contributed by atoms with E-state index < -0.39 is 0 Å². The van der Waals surface area contributed by atoms with Crippen molar-refractivity contribution in [2.24, 2.45) is 0 Å². The van der Waals surface area contributed by atoms with Gasteiger partial charge in [0.2, 0.25) is 5.89 Å². The molecule has 0 radical (unpaired) electrons. The van der Waals surface area contributed by atoms with Crippen LogP contribution in [0.3, 0.4) is 0 Å². The van der Waals surface area contributed by atoms with Gasteiger partial charge in [0.15, 0.2) is 0 Å². The minimum Gasteiger partial charge on any atom is -0.419 e. The highest BCUT2D eigenvalue weighted by molar-refractivity contribution is 7.13. The molecule has 1 aromatic carbocycles. The van der Waals surface area contributed by atoms with Gasteiger partial charge in [0, 0.05) is 19.6 Å². The average Bonchev–Trinajstić information content (AvgIpc) is 3.28. The van der Waals surface area contributed by atoms with Gasteiger partial charge in [-0.1, -0.05) is 18.2 Å². The van der Waals surface area contributed by atoms with Crippen molar-refractivity contribution in [1.82, 2.24) is 20.0 Å². The van der Waals surface area contributed by atoms with Gasteiger partial charge < -0.3 is 4.42 Å². The summed E-state index contributed by atoms with van der Waals surface area (Å²) in [5.74, 6) is 1.08. The van der Waals surface area contributed by atoms with Gasteiger partial charge in [0.1, 0.15) is 5.82 Å².